The molecule has 1 heterocycles. The lowest BCUT2D eigenvalue weighted by molar-refractivity contribution is -0.274. The molecule has 0 saturated carbocycles. The summed E-state index contributed by atoms with van der Waals surface area (Å²) in [6, 6.07) is 5.95. The fourth-order valence-electron chi connectivity index (χ4n) is 2.16. The Kier molecular flexibility index (Phi) is 6.81. The molecule has 0 aliphatic carbocycles. The minimum atomic E-state index is -4.73. The maximum absolute atomic E-state index is 12.4. The van der Waals surface area contributed by atoms with Crippen molar-refractivity contribution < 1.29 is 22.4 Å². The molecule has 142 valence electrons. The van der Waals surface area contributed by atoms with Gasteiger partial charge in [0, 0.05) is 32.1 Å². The lowest BCUT2D eigenvalue weighted by atomic mass is 10.2. The van der Waals surface area contributed by atoms with Crippen molar-refractivity contribution in [3.8, 4) is 5.75 Å². The minimum Gasteiger partial charge on any atom is -0.405 e. The van der Waals surface area contributed by atoms with Crippen LogP contribution in [0.5, 0.6) is 5.75 Å². The molecule has 0 atom stereocenters. The van der Waals surface area contributed by atoms with Gasteiger partial charge < -0.3 is 19.9 Å². The van der Waals surface area contributed by atoms with Gasteiger partial charge in [-0.3, -0.25) is 4.99 Å². The molecule has 0 radical (unpaired) electrons. The first-order chi connectivity index (χ1) is 12.4. The Balaban J connectivity index is 1.80. The van der Waals surface area contributed by atoms with Crippen LogP contribution in [0, 0.1) is 6.92 Å². The maximum atomic E-state index is 12.4. The van der Waals surface area contributed by atoms with Gasteiger partial charge in [0.2, 0.25) is 5.89 Å². The summed E-state index contributed by atoms with van der Waals surface area (Å²) in [5.41, 5.74) is 0.370. The molecule has 2 N–H and O–H groups in total. The van der Waals surface area contributed by atoms with Crippen LogP contribution in [-0.2, 0) is 13.0 Å². The summed E-state index contributed by atoms with van der Waals surface area (Å²) in [4.78, 5) is 8.14. The Morgan fingerprint density at radius 3 is 2.69 bits per heavy atom. The first kappa shape index (κ1) is 19.5. The van der Waals surface area contributed by atoms with Crippen molar-refractivity contribution in [2.24, 2.45) is 4.99 Å². The average molecular weight is 371 g/mol. The van der Waals surface area contributed by atoms with Crippen LogP contribution in [0.3, 0.4) is 0 Å². The maximum Gasteiger partial charge on any atom is 0.573 e. The third kappa shape index (κ3) is 6.61. The highest BCUT2D eigenvalue weighted by molar-refractivity contribution is 5.79. The molecule has 0 aliphatic rings. The fourth-order valence-corrected chi connectivity index (χ4v) is 2.16. The summed E-state index contributed by atoms with van der Waals surface area (Å²) < 4.78 is 46.4. The third-order valence-corrected chi connectivity index (χ3v) is 3.30. The number of aryl methyl sites for hydroxylation is 2. The van der Waals surface area contributed by atoms with Crippen molar-refractivity contribution in [3.05, 3.63) is 41.5 Å². The van der Waals surface area contributed by atoms with Gasteiger partial charge in [0.1, 0.15) is 5.75 Å². The number of aliphatic imine (C=N–C) groups is 1. The Morgan fingerprint density at radius 1 is 1.27 bits per heavy atom. The molecule has 0 spiro atoms. The normalized spacial score (nSPS) is 12.1. The first-order valence-electron chi connectivity index (χ1n) is 7.95. The van der Waals surface area contributed by atoms with Crippen molar-refractivity contribution in [1.82, 2.24) is 20.8 Å². The van der Waals surface area contributed by atoms with E-state index in [0.717, 1.165) is 6.42 Å². The van der Waals surface area contributed by atoms with Gasteiger partial charge in [0.25, 0.3) is 0 Å². The molecule has 7 nitrogen and oxygen atoms in total. The lowest BCUT2D eigenvalue weighted by Crippen LogP contribution is -2.37. The van der Waals surface area contributed by atoms with E-state index in [9.17, 15) is 13.2 Å². The van der Waals surface area contributed by atoms with Crippen molar-refractivity contribution >= 4 is 5.96 Å². The van der Waals surface area contributed by atoms with Crippen LogP contribution < -0.4 is 15.4 Å². The van der Waals surface area contributed by atoms with Gasteiger partial charge in [-0.2, -0.15) is 4.98 Å². The van der Waals surface area contributed by atoms with Crippen LogP contribution >= 0.6 is 0 Å². The molecule has 0 fully saturated rings. The molecule has 26 heavy (non-hydrogen) atoms. The highest BCUT2D eigenvalue weighted by atomic mass is 19.4. The zero-order chi connectivity index (χ0) is 19.0. The van der Waals surface area contributed by atoms with Gasteiger partial charge in [-0.15, -0.1) is 13.2 Å². The predicted octanol–water partition coefficient (Wildman–Crippen LogP) is 2.57. The molecule has 2 aromatic rings. The highest BCUT2D eigenvalue weighted by Gasteiger charge is 2.31. The van der Waals surface area contributed by atoms with Gasteiger partial charge >= 0.3 is 6.36 Å². The van der Waals surface area contributed by atoms with E-state index in [1.807, 2.05) is 0 Å². The van der Waals surface area contributed by atoms with E-state index < -0.39 is 6.36 Å². The summed E-state index contributed by atoms with van der Waals surface area (Å²) in [6.45, 7) is 2.47. The van der Waals surface area contributed by atoms with Crippen LogP contribution in [0.25, 0.3) is 0 Å². The number of rotatable bonds is 7. The molecule has 0 amide bonds. The Hall–Kier alpha value is -2.78. The molecular formula is C16H20F3N5O2. The number of aromatic nitrogens is 2. The molecule has 1 aromatic heterocycles. The van der Waals surface area contributed by atoms with Crippen LogP contribution in [0.1, 0.15) is 23.7 Å². The standard InChI is InChI=1S/C16H20F3N5O2/c1-11-23-14(26-24-11)8-5-9-21-15(20-2)22-10-12-6-3-4-7-13(12)25-16(17,18)19/h3-4,6-7H,5,8-10H2,1-2H3,(H2,20,21,22). The smallest absolute Gasteiger partial charge is 0.405 e. The van der Waals surface area contributed by atoms with E-state index >= 15 is 0 Å². The van der Waals surface area contributed by atoms with Gasteiger partial charge in [-0.25, -0.2) is 0 Å². The van der Waals surface area contributed by atoms with E-state index in [0.29, 0.717) is 36.2 Å². The van der Waals surface area contributed by atoms with Crippen LogP contribution in [0.2, 0.25) is 0 Å². The number of hydrogen-bond donors (Lipinski definition) is 2. The number of alkyl halides is 3. The van der Waals surface area contributed by atoms with E-state index in [4.69, 9.17) is 4.52 Å². The zero-order valence-corrected chi connectivity index (χ0v) is 14.4. The second-order valence-corrected chi connectivity index (χ2v) is 5.35. The molecule has 0 unspecified atom stereocenters. The lowest BCUT2D eigenvalue weighted by Gasteiger charge is -2.15. The number of nitrogens with one attached hydrogen (secondary N) is 2. The number of halogens is 3. The van der Waals surface area contributed by atoms with E-state index in [1.54, 1.807) is 26.1 Å². The summed E-state index contributed by atoms with van der Waals surface area (Å²) in [6.07, 6.45) is -3.38. The highest BCUT2D eigenvalue weighted by Crippen LogP contribution is 2.25. The molecule has 0 saturated heterocycles. The minimum absolute atomic E-state index is 0.134. The summed E-state index contributed by atoms with van der Waals surface area (Å²) in [7, 11) is 1.58. The fraction of sp³-hybridized carbons (Fsp3) is 0.438. The average Bonchev–Trinajstić information content (AvgIpc) is 2.99. The molecule has 0 aliphatic heterocycles. The Morgan fingerprint density at radius 2 is 2.04 bits per heavy atom. The first-order valence-corrected chi connectivity index (χ1v) is 7.95. The quantitative estimate of drug-likeness (QED) is 0.442. The SMILES string of the molecule is CN=C(NCCCc1nc(C)no1)NCc1ccccc1OC(F)(F)F. The van der Waals surface area contributed by atoms with E-state index in [1.165, 1.54) is 12.1 Å². The molecular weight excluding hydrogens is 351 g/mol. The largest absolute Gasteiger partial charge is 0.573 e. The Labute approximate surface area is 148 Å². The molecule has 1 aromatic carbocycles. The summed E-state index contributed by atoms with van der Waals surface area (Å²) in [5, 5.41) is 9.73. The number of para-hydroxylation sites is 1. The van der Waals surface area contributed by atoms with Crippen LogP contribution in [0.4, 0.5) is 13.2 Å². The summed E-state index contributed by atoms with van der Waals surface area (Å²) >= 11 is 0. The van der Waals surface area contributed by atoms with Crippen molar-refractivity contribution in [3.63, 3.8) is 0 Å². The number of benzene rings is 1. The van der Waals surface area contributed by atoms with Gasteiger partial charge in [0.05, 0.1) is 0 Å². The van der Waals surface area contributed by atoms with E-state index in [-0.39, 0.29) is 12.3 Å². The molecule has 0 bridgehead atoms. The van der Waals surface area contributed by atoms with Crippen LogP contribution in [0.15, 0.2) is 33.8 Å². The van der Waals surface area contributed by atoms with Crippen molar-refractivity contribution in [2.45, 2.75) is 32.7 Å². The second kappa shape index (κ2) is 9.07. The predicted molar refractivity (Wildman–Crippen MR) is 88.7 cm³/mol. The molecule has 2 rings (SSSR count). The third-order valence-electron chi connectivity index (χ3n) is 3.30. The number of hydrogen-bond acceptors (Lipinski definition) is 5. The van der Waals surface area contributed by atoms with Gasteiger partial charge in [-0.1, -0.05) is 23.4 Å². The van der Waals surface area contributed by atoms with E-state index in [2.05, 4.69) is 30.5 Å². The monoisotopic (exact) mass is 371 g/mol. The number of guanidine groups is 1. The number of ether oxygens (including phenoxy) is 1. The summed E-state index contributed by atoms with van der Waals surface area (Å²) in [5.74, 6) is 1.37. The van der Waals surface area contributed by atoms with Gasteiger partial charge in [-0.05, 0) is 19.4 Å². The number of nitrogens with zero attached hydrogens (tertiary/aromatic N) is 3. The second-order valence-electron chi connectivity index (χ2n) is 5.35. The zero-order valence-electron chi connectivity index (χ0n) is 14.4. The van der Waals surface area contributed by atoms with Crippen molar-refractivity contribution in [2.75, 3.05) is 13.6 Å². The van der Waals surface area contributed by atoms with Gasteiger partial charge in [0.15, 0.2) is 11.8 Å². The molecule has 10 heteroatoms. The topological polar surface area (TPSA) is 84.6 Å². The van der Waals surface area contributed by atoms with Crippen LogP contribution in [-0.4, -0.2) is 36.1 Å². The van der Waals surface area contributed by atoms with Crippen molar-refractivity contribution in [1.29, 1.82) is 0 Å². The Bertz CT molecular complexity index is 731.